The van der Waals surface area contributed by atoms with Gasteiger partial charge in [-0.25, -0.2) is 0 Å². The summed E-state index contributed by atoms with van der Waals surface area (Å²) < 4.78 is 1.21. The van der Waals surface area contributed by atoms with Gasteiger partial charge in [0.1, 0.15) is 0 Å². The van der Waals surface area contributed by atoms with Crippen LogP contribution in [0.3, 0.4) is 0 Å². The molecule has 0 fully saturated rings. The SMILES string of the molecule is CC(Cc1cccs1)N(C)Cc1ccc(Br)s1. The first-order valence-electron chi connectivity index (χ1n) is 5.62. The van der Waals surface area contributed by atoms with Gasteiger partial charge in [0.25, 0.3) is 0 Å². The summed E-state index contributed by atoms with van der Waals surface area (Å²) in [6.07, 6.45) is 1.14. The van der Waals surface area contributed by atoms with Crippen LogP contribution >= 0.6 is 38.6 Å². The molecular formula is C13H16BrNS2. The predicted molar refractivity (Wildman–Crippen MR) is 81.0 cm³/mol. The summed E-state index contributed by atoms with van der Waals surface area (Å²) >= 11 is 7.18. The number of rotatable bonds is 5. The van der Waals surface area contributed by atoms with E-state index in [-0.39, 0.29) is 0 Å². The Balaban J connectivity index is 1.89. The van der Waals surface area contributed by atoms with Crippen molar-refractivity contribution in [2.24, 2.45) is 0 Å². The Hall–Kier alpha value is -0.160. The van der Waals surface area contributed by atoms with E-state index in [2.05, 4.69) is 64.4 Å². The predicted octanol–water partition coefficient (Wildman–Crippen LogP) is 4.64. The van der Waals surface area contributed by atoms with Gasteiger partial charge in [-0.05, 0) is 59.9 Å². The van der Waals surface area contributed by atoms with Gasteiger partial charge in [0.2, 0.25) is 0 Å². The molecule has 0 aliphatic heterocycles. The third kappa shape index (κ3) is 3.91. The molecule has 0 aromatic carbocycles. The van der Waals surface area contributed by atoms with Crippen LogP contribution in [-0.2, 0) is 13.0 Å². The lowest BCUT2D eigenvalue weighted by molar-refractivity contribution is 0.251. The molecule has 0 amide bonds. The van der Waals surface area contributed by atoms with Crippen LogP contribution < -0.4 is 0 Å². The Kier molecular flexibility index (Phi) is 4.79. The van der Waals surface area contributed by atoms with Crippen LogP contribution in [-0.4, -0.2) is 18.0 Å². The third-order valence-electron chi connectivity index (χ3n) is 2.86. The molecule has 92 valence electrons. The van der Waals surface area contributed by atoms with Gasteiger partial charge >= 0.3 is 0 Å². The van der Waals surface area contributed by atoms with E-state index in [9.17, 15) is 0 Å². The molecule has 0 aliphatic rings. The Morgan fingerprint density at radius 3 is 2.71 bits per heavy atom. The molecule has 1 nitrogen and oxygen atoms in total. The first kappa shape index (κ1) is 13.3. The molecular weight excluding hydrogens is 314 g/mol. The van der Waals surface area contributed by atoms with Crippen LogP contribution in [0, 0.1) is 0 Å². The zero-order valence-corrected chi connectivity index (χ0v) is 13.2. The lowest BCUT2D eigenvalue weighted by Crippen LogP contribution is -2.29. The van der Waals surface area contributed by atoms with Gasteiger partial charge in [0.15, 0.2) is 0 Å². The summed E-state index contributed by atoms with van der Waals surface area (Å²) in [7, 11) is 2.20. The van der Waals surface area contributed by atoms with Crippen LogP contribution in [0.15, 0.2) is 33.4 Å². The van der Waals surface area contributed by atoms with E-state index in [0.29, 0.717) is 6.04 Å². The second-order valence-electron chi connectivity index (χ2n) is 4.25. The molecule has 2 heterocycles. The van der Waals surface area contributed by atoms with E-state index in [4.69, 9.17) is 0 Å². The topological polar surface area (TPSA) is 3.24 Å². The van der Waals surface area contributed by atoms with Crippen LogP contribution in [0.25, 0.3) is 0 Å². The second-order valence-corrected chi connectivity index (χ2v) is 7.83. The lowest BCUT2D eigenvalue weighted by atomic mass is 10.2. The Labute approximate surface area is 119 Å². The molecule has 2 rings (SSSR count). The molecule has 0 saturated heterocycles. The molecule has 0 radical (unpaired) electrons. The fourth-order valence-electron chi connectivity index (χ4n) is 1.71. The van der Waals surface area contributed by atoms with E-state index in [0.717, 1.165) is 13.0 Å². The molecule has 2 aromatic heterocycles. The second kappa shape index (κ2) is 6.14. The van der Waals surface area contributed by atoms with Gasteiger partial charge < -0.3 is 0 Å². The largest absolute Gasteiger partial charge is 0.298 e. The van der Waals surface area contributed by atoms with Crippen molar-refractivity contribution in [2.45, 2.75) is 25.9 Å². The third-order valence-corrected chi connectivity index (χ3v) is 5.37. The van der Waals surface area contributed by atoms with E-state index in [1.807, 2.05) is 22.7 Å². The zero-order chi connectivity index (χ0) is 12.3. The van der Waals surface area contributed by atoms with Crippen LogP contribution in [0.4, 0.5) is 0 Å². The average molecular weight is 330 g/mol. The molecule has 1 atom stereocenters. The van der Waals surface area contributed by atoms with Crippen molar-refractivity contribution in [3.63, 3.8) is 0 Å². The quantitative estimate of drug-likeness (QED) is 0.772. The Morgan fingerprint density at radius 1 is 1.29 bits per heavy atom. The van der Waals surface area contributed by atoms with Gasteiger partial charge in [0.05, 0.1) is 3.79 Å². The summed E-state index contributed by atoms with van der Waals surface area (Å²) in [5.74, 6) is 0. The van der Waals surface area contributed by atoms with E-state index < -0.39 is 0 Å². The van der Waals surface area contributed by atoms with Crippen molar-refractivity contribution in [2.75, 3.05) is 7.05 Å². The highest BCUT2D eigenvalue weighted by molar-refractivity contribution is 9.11. The minimum absolute atomic E-state index is 0.578. The number of hydrogen-bond acceptors (Lipinski definition) is 3. The molecule has 2 aromatic rings. The minimum Gasteiger partial charge on any atom is -0.298 e. The molecule has 0 N–H and O–H groups in total. The normalized spacial score (nSPS) is 13.2. The Bertz CT molecular complexity index is 450. The number of hydrogen-bond donors (Lipinski definition) is 0. The fourth-order valence-corrected chi connectivity index (χ4v) is 4.09. The van der Waals surface area contributed by atoms with Crippen molar-refractivity contribution in [3.05, 3.63) is 43.2 Å². The van der Waals surface area contributed by atoms with E-state index in [1.165, 1.54) is 13.5 Å². The number of nitrogens with zero attached hydrogens (tertiary/aromatic N) is 1. The van der Waals surface area contributed by atoms with Gasteiger partial charge in [-0.1, -0.05) is 6.07 Å². The van der Waals surface area contributed by atoms with E-state index in [1.54, 1.807) is 0 Å². The monoisotopic (exact) mass is 329 g/mol. The summed E-state index contributed by atoms with van der Waals surface area (Å²) in [6.45, 7) is 3.32. The smallest absolute Gasteiger partial charge is 0.0701 e. The van der Waals surface area contributed by atoms with Crippen molar-refractivity contribution in [3.8, 4) is 0 Å². The first-order valence-corrected chi connectivity index (χ1v) is 8.11. The molecule has 0 spiro atoms. The average Bonchev–Trinajstić information content (AvgIpc) is 2.90. The van der Waals surface area contributed by atoms with Crippen molar-refractivity contribution in [1.82, 2.24) is 4.90 Å². The van der Waals surface area contributed by atoms with Crippen LogP contribution in [0.1, 0.15) is 16.7 Å². The van der Waals surface area contributed by atoms with Crippen molar-refractivity contribution < 1.29 is 0 Å². The summed E-state index contributed by atoms with van der Waals surface area (Å²) in [4.78, 5) is 5.30. The maximum absolute atomic E-state index is 3.51. The Morgan fingerprint density at radius 2 is 2.12 bits per heavy atom. The molecule has 4 heteroatoms. The van der Waals surface area contributed by atoms with Gasteiger partial charge in [-0.3, -0.25) is 4.90 Å². The number of halogens is 1. The highest BCUT2D eigenvalue weighted by atomic mass is 79.9. The summed E-state index contributed by atoms with van der Waals surface area (Å²) in [5, 5.41) is 2.15. The molecule has 17 heavy (non-hydrogen) atoms. The maximum Gasteiger partial charge on any atom is 0.0701 e. The van der Waals surface area contributed by atoms with Crippen LogP contribution in [0.5, 0.6) is 0 Å². The van der Waals surface area contributed by atoms with Crippen LogP contribution in [0.2, 0.25) is 0 Å². The standard InChI is InChI=1S/C13H16BrNS2/c1-10(8-11-4-3-7-16-11)15(2)9-12-5-6-13(14)17-12/h3-7,10H,8-9H2,1-2H3. The minimum atomic E-state index is 0.578. The van der Waals surface area contributed by atoms with Crippen molar-refractivity contribution in [1.29, 1.82) is 0 Å². The first-order chi connectivity index (χ1) is 8.15. The van der Waals surface area contributed by atoms with Gasteiger partial charge in [0, 0.05) is 22.3 Å². The highest BCUT2D eigenvalue weighted by Crippen LogP contribution is 2.24. The fraction of sp³-hybridized carbons (Fsp3) is 0.385. The summed E-state index contributed by atoms with van der Waals surface area (Å²) in [5.41, 5.74) is 0. The highest BCUT2D eigenvalue weighted by Gasteiger charge is 2.11. The van der Waals surface area contributed by atoms with Crippen molar-refractivity contribution >= 4 is 38.6 Å². The van der Waals surface area contributed by atoms with Gasteiger partial charge in [-0.15, -0.1) is 22.7 Å². The molecule has 1 unspecified atom stereocenters. The number of thiophene rings is 2. The van der Waals surface area contributed by atoms with E-state index >= 15 is 0 Å². The number of likely N-dealkylation sites (N-methyl/N-ethyl adjacent to an activating group) is 1. The summed E-state index contributed by atoms with van der Waals surface area (Å²) in [6, 6.07) is 9.25. The molecule has 0 aliphatic carbocycles. The zero-order valence-electron chi connectivity index (χ0n) is 10.0. The maximum atomic E-state index is 3.51. The van der Waals surface area contributed by atoms with Gasteiger partial charge in [-0.2, -0.15) is 0 Å². The molecule has 0 bridgehead atoms. The lowest BCUT2D eigenvalue weighted by Gasteiger charge is -2.23. The molecule has 0 saturated carbocycles.